The van der Waals surface area contributed by atoms with Gasteiger partial charge in [0.05, 0.1) is 0 Å². The molecule has 0 amide bonds. The van der Waals surface area contributed by atoms with E-state index in [1.807, 2.05) is 0 Å². The van der Waals surface area contributed by atoms with Gasteiger partial charge in [-0.05, 0) is 54.8 Å². The second kappa shape index (κ2) is 3.99. The molecule has 1 atom stereocenters. The average Bonchev–Trinajstić information content (AvgIpc) is 2.89. The second-order valence-corrected chi connectivity index (χ2v) is 6.44. The van der Waals surface area contributed by atoms with Crippen LogP contribution in [0.15, 0.2) is 17.5 Å². The summed E-state index contributed by atoms with van der Waals surface area (Å²) in [5.41, 5.74) is 2.67. The molecule has 0 aromatic carbocycles. The molecule has 0 radical (unpaired) electrons. The standard InChI is InChI=1S/C13H14OS2/c1-8-5-6-15-13(8)12(14)11-7-9-3-2-4-10(9)16-11/h5-7,12,14H,2-4H2,1H3. The van der Waals surface area contributed by atoms with Gasteiger partial charge in [-0.3, -0.25) is 0 Å². The van der Waals surface area contributed by atoms with E-state index in [4.69, 9.17) is 0 Å². The third-order valence-electron chi connectivity index (χ3n) is 3.19. The lowest BCUT2D eigenvalue weighted by atomic mass is 10.1. The summed E-state index contributed by atoms with van der Waals surface area (Å²) in [5, 5.41) is 12.4. The molecule has 0 spiro atoms. The van der Waals surface area contributed by atoms with Gasteiger partial charge in [0.15, 0.2) is 0 Å². The Kier molecular flexibility index (Phi) is 2.62. The van der Waals surface area contributed by atoms with E-state index in [0.717, 1.165) is 9.75 Å². The van der Waals surface area contributed by atoms with Crippen LogP contribution in [-0.4, -0.2) is 5.11 Å². The number of fused-ring (bicyclic) bond motifs is 1. The van der Waals surface area contributed by atoms with Crippen molar-refractivity contribution in [3.05, 3.63) is 43.3 Å². The minimum absolute atomic E-state index is 0.407. The molecule has 3 heteroatoms. The first kappa shape index (κ1) is 10.5. The van der Waals surface area contributed by atoms with Gasteiger partial charge in [0.1, 0.15) is 6.10 Å². The summed E-state index contributed by atoms with van der Waals surface area (Å²) >= 11 is 3.44. The number of hydrogen-bond donors (Lipinski definition) is 1. The summed E-state index contributed by atoms with van der Waals surface area (Å²) < 4.78 is 0. The van der Waals surface area contributed by atoms with Crippen molar-refractivity contribution in [2.45, 2.75) is 32.3 Å². The van der Waals surface area contributed by atoms with E-state index >= 15 is 0 Å². The van der Waals surface area contributed by atoms with E-state index in [-0.39, 0.29) is 0 Å². The van der Waals surface area contributed by atoms with E-state index < -0.39 is 6.10 Å². The van der Waals surface area contributed by atoms with Crippen molar-refractivity contribution >= 4 is 22.7 Å². The van der Waals surface area contributed by atoms with Crippen LogP contribution < -0.4 is 0 Å². The summed E-state index contributed by atoms with van der Waals surface area (Å²) in [6.07, 6.45) is 3.28. The SMILES string of the molecule is Cc1ccsc1C(O)c1cc2c(s1)CCC2. The van der Waals surface area contributed by atoms with Crippen LogP contribution in [0.4, 0.5) is 0 Å². The summed E-state index contributed by atoms with van der Waals surface area (Å²) in [6, 6.07) is 4.28. The number of thiophene rings is 2. The van der Waals surface area contributed by atoms with E-state index in [1.165, 1.54) is 35.3 Å². The van der Waals surface area contributed by atoms with E-state index in [1.54, 1.807) is 22.7 Å². The molecule has 16 heavy (non-hydrogen) atoms. The Hall–Kier alpha value is -0.640. The highest BCUT2D eigenvalue weighted by atomic mass is 32.1. The van der Waals surface area contributed by atoms with Gasteiger partial charge in [-0.15, -0.1) is 22.7 Å². The first-order chi connectivity index (χ1) is 7.75. The van der Waals surface area contributed by atoms with E-state index in [2.05, 4.69) is 24.4 Å². The van der Waals surface area contributed by atoms with Crippen molar-refractivity contribution in [1.29, 1.82) is 0 Å². The molecule has 0 bridgehead atoms. The zero-order valence-electron chi connectivity index (χ0n) is 9.19. The third kappa shape index (κ3) is 1.63. The van der Waals surface area contributed by atoms with Crippen LogP contribution in [0.5, 0.6) is 0 Å². The fourth-order valence-corrected chi connectivity index (χ4v) is 4.54. The number of aliphatic hydroxyl groups is 1. The number of rotatable bonds is 2. The van der Waals surface area contributed by atoms with E-state index in [9.17, 15) is 5.11 Å². The topological polar surface area (TPSA) is 20.2 Å². The van der Waals surface area contributed by atoms with Gasteiger partial charge in [0.25, 0.3) is 0 Å². The largest absolute Gasteiger partial charge is 0.382 e. The summed E-state index contributed by atoms with van der Waals surface area (Å²) in [6.45, 7) is 2.07. The predicted molar refractivity (Wildman–Crippen MR) is 69.5 cm³/mol. The number of hydrogen-bond acceptors (Lipinski definition) is 3. The third-order valence-corrected chi connectivity index (χ3v) is 5.55. The van der Waals surface area contributed by atoms with Gasteiger partial charge in [-0.1, -0.05) is 0 Å². The average molecular weight is 250 g/mol. The lowest BCUT2D eigenvalue weighted by molar-refractivity contribution is 0.227. The molecule has 1 nitrogen and oxygen atoms in total. The lowest BCUT2D eigenvalue weighted by Crippen LogP contribution is -1.95. The van der Waals surface area contributed by atoms with Crippen molar-refractivity contribution in [2.24, 2.45) is 0 Å². The highest BCUT2D eigenvalue weighted by Crippen LogP contribution is 2.38. The minimum Gasteiger partial charge on any atom is -0.382 e. The molecule has 0 aliphatic heterocycles. The van der Waals surface area contributed by atoms with Crippen molar-refractivity contribution in [2.75, 3.05) is 0 Å². The molecule has 2 aromatic rings. The Labute approximate surface area is 103 Å². The van der Waals surface area contributed by atoms with Gasteiger partial charge in [0.2, 0.25) is 0 Å². The Balaban J connectivity index is 1.95. The Morgan fingerprint density at radius 1 is 1.38 bits per heavy atom. The molecular formula is C13H14OS2. The van der Waals surface area contributed by atoms with Crippen LogP contribution in [0.3, 0.4) is 0 Å². The van der Waals surface area contributed by atoms with Crippen LogP contribution in [0, 0.1) is 6.92 Å². The van der Waals surface area contributed by atoms with Gasteiger partial charge < -0.3 is 5.11 Å². The summed E-state index contributed by atoms with van der Waals surface area (Å²) in [5.74, 6) is 0. The van der Waals surface area contributed by atoms with Crippen LogP contribution in [0.25, 0.3) is 0 Å². The number of aryl methyl sites for hydroxylation is 3. The molecule has 2 heterocycles. The molecule has 1 unspecified atom stereocenters. The number of aliphatic hydroxyl groups excluding tert-OH is 1. The van der Waals surface area contributed by atoms with Gasteiger partial charge in [0, 0.05) is 14.6 Å². The fourth-order valence-electron chi connectivity index (χ4n) is 2.28. The normalized spacial score (nSPS) is 16.4. The maximum Gasteiger partial charge on any atom is 0.123 e. The monoisotopic (exact) mass is 250 g/mol. The van der Waals surface area contributed by atoms with Crippen LogP contribution in [0.2, 0.25) is 0 Å². The van der Waals surface area contributed by atoms with E-state index in [0.29, 0.717) is 0 Å². The molecule has 2 aromatic heterocycles. The van der Waals surface area contributed by atoms with Gasteiger partial charge >= 0.3 is 0 Å². The Morgan fingerprint density at radius 2 is 2.25 bits per heavy atom. The molecule has 1 aliphatic rings. The van der Waals surface area contributed by atoms with Crippen molar-refractivity contribution < 1.29 is 5.11 Å². The fraction of sp³-hybridized carbons (Fsp3) is 0.385. The molecule has 3 rings (SSSR count). The predicted octanol–water partition coefficient (Wildman–Crippen LogP) is 3.69. The molecule has 0 saturated carbocycles. The zero-order valence-corrected chi connectivity index (χ0v) is 10.8. The molecule has 0 fully saturated rings. The van der Waals surface area contributed by atoms with Crippen LogP contribution >= 0.6 is 22.7 Å². The summed E-state index contributed by atoms with van der Waals surface area (Å²) in [4.78, 5) is 3.71. The summed E-state index contributed by atoms with van der Waals surface area (Å²) in [7, 11) is 0. The first-order valence-electron chi connectivity index (χ1n) is 5.59. The van der Waals surface area contributed by atoms with Gasteiger partial charge in [-0.2, -0.15) is 0 Å². The van der Waals surface area contributed by atoms with Crippen molar-refractivity contribution in [1.82, 2.24) is 0 Å². The van der Waals surface area contributed by atoms with Crippen molar-refractivity contribution in [3.8, 4) is 0 Å². The Bertz CT molecular complexity index is 488. The molecule has 0 saturated heterocycles. The van der Waals surface area contributed by atoms with Crippen molar-refractivity contribution in [3.63, 3.8) is 0 Å². The van der Waals surface area contributed by atoms with Crippen LogP contribution in [0.1, 0.15) is 38.3 Å². The highest BCUT2D eigenvalue weighted by Gasteiger charge is 2.21. The maximum absolute atomic E-state index is 10.3. The highest BCUT2D eigenvalue weighted by molar-refractivity contribution is 7.13. The maximum atomic E-state index is 10.3. The van der Waals surface area contributed by atoms with Gasteiger partial charge in [-0.25, -0.2) is 0 Å². The molecular weight excluding hydrogens is 236 g/mol. The smallest absolute Gasteiger partial charge is 0.123 e. The quantitative estimate of drug-likeness (QED) is 0.862. The Morgan fingerprint density at radius 3 is 2.94 bits per heavy atom. The lowest BCUT2D eigenvalue weighted by Gasteiger charge is -2.07. The molecule has 1 aliphatic carbocycles. The first-order valence-corrected chi connectivity index (χ1v) is 7.29. The van der Waals surface area contributed by atoms with Crippen LogP contribution in [-0.2, 0) is 12.8 Å². The minimum atomic E-state index is -0.407. The molecule has 1 N–H and O–H groups in total. The zero-order chi connectivity index (χ0) is 11.1. The second-order valence-electron chi connectivity index (χ2n) is 4.32. The molecule has 84 valence electrons.